The van der Waals surface area contributed by atoms with Crippen molar-refractivity contribution < 1.29 is 27.4 Å². The van der Waals surface area contributed by atoms with Crippen molar-refractivity contribution in [2.75, 3.05) is 40.5 Å². The van der Waals surface area contributed by atoms with Crippen molar-refractivity contribution in [3.05, 3.63) is 82.2 Å². The first-order valence-corrected chi connectivity index (χ1v) is 16.5. The average Bonchev–Trinajstić information content (AvgIpc) is 3.69. The number of aromatic nitrogens is 1. The molecule has 9 nitrogen and oxygen atoms in total. The Morgan fingerprint density at radius 1 is 1.07 bits per heavy atom. The van der Waals surface area contributed by atoms with E-state index in [0.717, 1.165) is 33.5 Å². The van der Waals surface area contributed by atoms with E-state index in [4.69, 9.17) is 14.2 Å². The number of rotatable bonds is 13. The maximum atomic E-state index is 14.2. The molecule has 5 rings (SSSR count). The van der Waals surface area contributed by atoms with Crippen LogP contribution < -0.4 is 9.47 Å². The molecule has 43 heavy (non-hydrogen) atoms. The minimum atomic E-state index is -4.08. The number of fused-ring (bicyclic) bond motifs is 1. The van der Waals surface area contributed by atoms with Crippen molar-refractivity contribution in [2.24, 2.45) is 0 Å². The standard InChI is InChI=1S/C32H37N3O6S2/c1-23-11-13-27(42-23)21-34(17-15-24-12-14-28(39-2)29(19-24)40-3)31(36)22-35(20-26-9-6-18-41-26)43(37,38)30-10-4-7-25-8-5-16-33-32(25)30/h4-5,7-8,10-14,16,19,26H,6,9,15,17-18,20-22H2,1-3H3. The zero-order chi connectivity index (χ0) is 30.4. The van der Waals surface area contributed by atoms with Crippen molar-refractivity contribution in [3.63, 3.8) is 0 Å². The van der Waals surface area contributed by atoms with Gasteiger partial charge in [0, 0.05) is 41.0 Å². The highest BCUT2D eigenvalue weighted by Gasteiger charge is 2.33. The second-order valence-electron chi connectivity index (χ2n) is 10.5. The van der Waals surface area contributed by atoms with Crippen LogP contribution >= 0.6 is 11.3 Å². The van der Waals surface area contributed by atoms with Gasteiger partial charge in [-0.25, -0.2) is 8.42 Å². The molecule has 1 unspecified atom stereocenters. The molecule has 1 atom stereocenters. The van der Waals surface area contributed by atoms with Crippen molar-refractivity contribution >= 4 is 38.2 Å². The summed E-state index contributed by atoms with van der Waals surface area (Å²) in [4.78, 5) is 22.4. The lowest BCUT2D eigenvalue weighted by molar-refractivity contribution is -0.132. The molecule has 228 valence electrons. The molecule has 0 N–H and O–H groups in total. The molecule has 4 aromatic rings. The Morgan fingerprint density at radius 2 is 1.88 bits per heavy atom. The van der Waals surface area contributed by atoms with Gasteiger partial charge >= 0.3 is 0 Å². The van der Waals surface area contributed by atoms with Crippen LogP contribution in [0.15, 0.2) is 71.8 Å². The van der Waals surface area contributed by atoms with Crippen molar-refractivity contribution in [3.8, 4) is 11.5 Å². The van der Waals surface area contributed by atoms with E-state index in [0.29, 0.717) is 43.1 Å². The van der Waals surface area contributed by atoms with Crippen LogP contribution in [-0.4, -0.2) is 75.1 Å². The lowest BCUT2D eigenvalue weighted by Crippen LogP contribution is -2.45. The monoisotopic (exact) mass is 623 g/mol. The van der Waals surface area contributed by atoms with Crippen LogP contribution in [0, 0.1) is 6.92 Å². The Kier molecular flexibility index (Phi) is 9.97. The Hall–Kier alpha value is -3.51. The molecule has 2 aromatic carbocycles. The summed E-state index contributed by atoms with van der Waals surface area (Å²) in [6.07, 6.45) is 3.46. The van der Waals surface area contributed by atoms with Gasteiger partial charge in [0.1, 0.15) is 4.90 Å². The number of methoxy groups -OCH3 is 2. The molecule has 1 fully saturated rings. The van der Waals surface area contributed by atoms with Gasteiger partial charge in [0.2, 0.25) is 15.9 Å². The normalized spacial score (nSPS) is 15.2. The fourth-order valence-corrected chi connectivity index (χ4v) is 7.78. The number of para-hydroxylation sites is 1. The van der Waals surface area contributed by atoms with Gasteiger partial charge in [-0.3, -0.25) is 9.78 Å². The third-order valence-electron chi connectivity index (χ3n) is 7.57. The summed E-state index contributed by atoms with van der Waals surface area (Å²) >= 11 is 1.62. The van der Waals surface area contributed by atoms with E-state index in [1.807, 2.05) is 49.4 Å². The summed E-state index contributed by atoms with van der Waals surface area (Å²) in [5.74, 6) is 0.969. The van der Waals surface area contributed by atoms with E-state index in [9.17, 15) is 13.2 Å². The minimum absolute atomic E-state index is 0.0853. The second-order valence-corrected chi connectivity index (χ2v) is 13.8. The van der Waals surface area contributed by atoms with Crippen LogP contribution in [0.2, 0.25) is 0 Å². The number of pyridine rings is 1. The number of hydrogen-bond donors (Lipinski definition) is 0. The maximum absolute atomic E-state index is 14.2. The molecule has 2 aromatic heterocycles. The summed E-state index contributed by atoms with van der Waals surface area (Å²) in [5.41, 5.74) is 1.36. The van der Waals surface area contributed by atoms with Crippen molar-refractivity contribution in [2.45, 2.75) is 43.7 Å². The second kappa shape index (κ2) is 13.9. The summed E-state index contributed by atoms with van der Waals surface area (Å²) in [5, 5.41) is 0.719. The van der Waals surface area contributed by atoms with Crippen LogP contribution in [-0.2, 0) is 32.5 Å². The van der Waals surface area contributed by atoms with Crippen LogP contribution in [0.4, 0.5) is 0 Å². The fraction of sp³-hybridized carbons (Fsp3) is 0.375. The number of benzene rings is 2. The molecule has 11 heteroatoms. The van der Waals surface area contributed by atoms with Gasteiger partial charge in [-0.2, -0.15) is 4.31 Å². The average molecular weight is 624 g/mol. The van der Waals surface area contributed by atoms with Gasteiger partial charge < -0.3 is 19.1 Å². The van der Waals surface area contributed by atoms with Gasteiger partial charge in [0.25, 0.3) is 0 Å². The molecule has 0 spiro atoms. The number of carbonyl (C=O) groups is 1. The zero-order valence-corrected chi connectivity index (χ0v) is 26.3. The topological polar surface area (TPSA) is 98.3 Å². The number of thiophene rings is 1. The van der Waals surface area contributed by atoms with Gasteiger partial charge in [-0.15, -0.1) is 11.3 Å². The summed E-state index contributed by atoms with van der Waals surface area (Å²) in [7, 11) is -0.903. The molecule has 1 aliphatic rings. The molecule has 0 bridgehead atoms. The van der Waals surface area contributed by atoms with Gasteiger partial charge in [0.05, 0.1) is 38.9 Å². The summed E-state index contributed by atoms with van der Waals surface area (Å²) in [6, 6.07) is 18.4. The molecule has 0 saturated carbocycles. The van der Waals surface area contributed by atoms with E-state index in [2.05, 4.69) is 4.98 Å². The van der Waals surface area contributed by atoms with E-state index in [-0.39, 0.29) is 30.0 Å². The molecular weight excluding hydrogens is 587 g/mol. The van der Waals surface area contributed by atoms with Gasteiger partial charge in [-0.05, 0) is 68.1 Å². The van der Waals surface area contributed by atoms with Gasteiger partial charge in [0.15, 0.2) is 11.5 Å². The van der Waals surface area contributed by atoms with Crippen LogP contribution in [0.1, 0.15) is 28.2 Å². The summed E-state index contributed by atoms with van der Waals surface area (Å²) in [6.45, 7) is 3.18. The molecule has 1 saturated heterocycles. The zero-order valence-electron chi connectivity index (χ0n) is 24.7. The van der Waals surface area contributed by atoms with Gasteiger partial charge in [-0.1, -0.05) is 24.3 Å². The number of ether oxygens (including phenoxy) is 3. The third-order valence-corrected chi connectivity index (χ3v) is 10.4. The molecule has 0 aliphatic carbocycles. The highest BCUT2D eigenvalue weighted by atomic mass is 32.2. The largest absolute Gasteiger partial charge is 0.493 e. The number of hydrogen-bond acceptors (Lipinski definition) is 8. The lowest BCUT2D eigenvalue weighted by Gasteiger charge is -2.28. The predicted molar refractivity (Wildman–Crippen MR) is 167 cm³/mol. The van der Waals surface area contributed by atoms with Crippen LogP contribution in [0.3, 0.4) is 0 Å². The maximum Gasteiger partial charge on any atom is 0.245 e. The number of sulfonamides is 1. The van der Waals surface area contributed by atoms with E-state index >= 15 is 0 Å². The molecular formula is C32H37N3O6S2. The molecule has 0 radical (unpaired) electrons. The smallest absolute Gasteiger partial charge is 0.245 e. The van der Waals surface area contributed by atoms with E-state index < -0.39 is 10.0 Å². The van der Waals surface area contributed by atoms with Crippen LogP contribution in [0.5, 0.6) is 11.5 Å². The third kappa shape index (κ3) is 7.35. The first kappa shape index (κ1) is 30.9. The fourth-order valence-electron chi connectivity index (χ4n) is 5.29. The number of amides is 1. The molecule has 1 aliphatic heterocycles. The Bertz CT molecular complexity index is 1660. The molecule has 1 amide bonds. The van der Waals surface area contributed by atoms with Crippen LogP contribution in [0.25, 0.3) is 10.9 Å². The van der Waals surface area contributed by atoms with E-state index in [1.54, 1.807) is 54.9 Å². The Labute approximate surface area is 257 Å². The van der Waals surface area contributed by atoms with Crippen molar-refractivity contribution in [1.29, 1.82) is 0 Å². The number of aryl methyl sites for hydroxylation is 1. The quantitative estimate of drug-likeness (QED) is 0.205. The SMILES string of the molecule is COc1ccc(CCN(Cc2ccc(C)s2)C(=O)CN(CC2CCCO2)S(=O)(=O)c2cccc3cccnc23)cc1OC. The van der Waals surface area contributed by atoms with E-state index in [1.165, 1.54) is 4.31 Å². The number of nitrogens with zero attached hydrogens (tertiary/aromatic N) is 3. The summed E-state index contributed by atoms with van der Waals surface area (Å²) < 4.78 is 46.3. The first-order valence-electron chi connectivity index (χ1n) is 14.3. The number of carbonyl (C=O) groups excluding carboxylic acids is 1. The highest BCUT2D eigenvalue weighted by Crippen LogP contribution is 2.29. The van der Waals surface area contributed by atoms with Crippen molar-refractivity contribution in [1.82, 2.24) is 14.2 Å². The first-order chi connectivity index (χ1) is 20.8. The Balaban J connectivity index is 1.43. The molecule has 3 heterocycles. The Morgan fingerprint density at radius 3 is 2.60 bits per heavy atom. The predicted octanol–water partition coefficient (Wildman–Crippen LogP) is 5.06. The minimum Gasteiger partial charge on any atom is -0.493 e. The highest BCUT2D eigenvalue weighted by molar-refractivity contribution is 7.89. The lowest BCUT2D eigenvalue weighted by atomic mass is 10.1.